The summed E-state index contributed by atoms with van der Waals surface area (Å²) in [5.74, 6) is -0.346. The van der Waals surface area contributed by atoms with Crippen molar-refractivity contribution in [1.82, 2.24) is 10.3 Å². The van der Waals surface area contributed by atoms with Gasteiger partial charge in [-0.25, -0.2) is 13.8 Å². The van der Waals surface area contributed by atoms with Crippen LogP contribution in [0.4, 0.5) is 20.3 Å². The second-order valence-electron chi connectivity index (χ2n) is 10.7. The van der Waals surface area contributed by atoms with Crippen molar-refractivity contribution in [1.29, 1.82) is 0 Å². The first-order valence-corrected chi connectivity index (χ1v) is 12.3. The zero-order valence-corrected chi connectivity index (χ0v) is 19.2. The molecule has 1 atom stereocenters. The summed E-state index contributed by atoms with van der Waals surface area (Å²) in [5, 5.41) is 6.09. The van der Waals surface area contributed by atoms with Crippen LogP contribution < -0.4 is 15.5 Å². The number of benzene rings is 1. The van der Waals surface area contributed by atoms with Crippen molar-refractivity contribution in [2.24, 2.45) is 5.41 Å². The molecule has 1 unspecified atom stereocenters. The molecule has 6 rings (SSSR count). The van der Waals surface area contributed by atoms with E-state index >= 15 is 0 Å². The summed E-state index contributed by atoms with van der Waals surface area (Å²) in [4.78, 5) is 18.0. The number of carbonyl (C=O) groups excluding carboxylic acids is 1. The molecule has 2 saturated heterocycles. The van der Waals surface area contributed by atoms with Crippen LogP contribution >= 0.6 is 0 Å². The Morgan fingerprint density at radius 2 is 1.88 bits per heavy atom. The minimum atomic E-state index is -0.590. The van der Waals surface area contributed by atoms with Gasteiger partial charge < -0.3 is 15.5 Å². The fraction of sp³-hybridized carbons (Fsp3) is 0.481. The zero-order valence-electron chi connectivity index (χ0n) is 19.2. The van der Waals surface area contributed by atoms with E-state index in [1.807, 2.05) is 11.1 Å². The van der Waals surface area contributed by atoms with Crippen LogP contribution in [0.25, 0.3) is 0 Å². The molecular formula is C27H30F2N4O. The number of nitrogens with one attached hydrogen (secondary N) is 2. The third-order valence-electron chi connectivity index (χ3n) is 8.42. The Morgan fingerprint density at radius 3 is 2.53 bits per heavy atom. The number of allylic oxidation sites excluding steroid dienone is 1. The lowest BCUT2D eigenvalue weighted by atomic mass is 9.51. The molecule has 1 spiro atoms. The van der Waals surface area contributed by atoms with E-state index in [1.165, 1.54) is 49.8 Å². The standard InChI is InChI=1S/C27H30F2N4O/c1-16-21(3-4-25(34)31-16)26-22(28)10-20(11-23(26)29)33-14-19(15-33)32-24-9-17(5-8-30-24)18-12-27(13-18)6-2-7-27/h5,8-11,18-19,21H,1-4,6-7,12-15H2,(H,30,32)(H,31,34). The molecule has 3 heterocycles. The van der Waals surface area contributed by atoms with E-state index in [1.54, 1.807) is 0 Å². The number of hydrogen-bond donors (Lipinski definition) is 2. The van der Waals surface area contributed by atoms with Gasteiger partial charge in [-0.15, -0.1) is 0 Å². The summed E-state index contributed by atoms with van der Waals surface area (Å²) >= 11 is 0. The molecule has 7 heteroatoms. The minimum Gasteiger partial charge on any atom is -0.367 e. The van der Waals surface area contributed by atoms with E-state index in [0.717, 1.165) is 5.82 Å². The highest BCUT2D eigenvalue weighted by Crippen LogP contribution is 2.61. The van der Waals surface area contributed by atoms with Gasteiger partial charge in [-0.05, 0) is 73.3 Å². The smallest absolute Gasteiger partial charge is 0.224 e. The van der Waals surface area contributed by atoms with Crippen molar-refractivity contribution >= 4 is 17.4 Å². The molecule has 1 aromatic heterocycles. The van der Waals surface area contributed by atoms with Gasteiger partial charge in [0, 0.05) is 48.6 Å². The van der Waals surface area contributed by atoms with Crippen LogP contribution in [0.1, 0.15) is 67.9 Å². The molecular weight excluding hydrogens is 434 g/mol. The average Bonchev–Trinajstić information content (AvgIpc) is 2.69. The van der Waals surface area contributed by atoms with Gasteiger partial charge >= 0.3 is 0 Å². The molecule has 2 saturated carbocycles. The summed E-state index contributed by atoms with van der Waals surface area (Å²) in [5.41, 5.74) is 2.89. The SMILES string of the molecule is C=C1NC(=O)CCC1c1c(F)cc(N2CC(Nc3cc(C4CC5(CCC5)C4)ccn3)C2)cc1F. The van der Waals surface area contributed by atoms with Gasteiger partial charge in [0.2, 0.25) is 5.91 Å². The number of hydrogen-bond acceptors (Lipinski definition) is 4. The van der Waals surface area contributed by atoms with Crippen LogP contribution in [0.5, 0.6) is 0 Å². The normalized spacial score (nSPS) is 24.3. The van der Waals surface area contributed by atoms with Crippen LogP contribution in [0, 0.1) is 17.0 Å². The molecule has 0 bridgehead atoms. The summed E-state index contributed by atoms with van der Waals surface area (Å²) in [6.07, 6.45) is 9.27. The van der Waals surface area contributed by atoms with Gasteiger partial charge in [0.25, 0.3) is 0 Å². The summed E-state index contributed by atoms with van der Waals surface area (Å²) in [6, 6.07) is 7.27. The van der Waals surface area contributed by atoms with Gasteiger partial charge in [-0.1, -0.05) is 13.0 Å². The van der Waals surface area contributed by atoms with E-state index in [-0.39, 0.29) is 23.9 Å². The third-order valence-corrected chi connectivity index (χ3v) is 8.42. The topological polar surface area (TPSA) is 57.3 Å². The monoisotopic (exact) mass is 464 g/mol. The van der Waals surface area contributed by atoms with Gasteiger partial charge in [-0.2, -0.15) is 0 Å². The van der Waals surface area contributed by atoms with E-state index in [9.17, 15) is 13.6 Å². The van der Waals surface area contributed by atoms with Crippen LogP contribution in [-0.4, -0.2) is 30.0 Å². The second-order valence-corrected chi connectivity index (χ2v) is 10.7. The summed E-state index contributed by atoms with van der Waals surface area (Å²) in [6.45, 7) is 5.10. The Balaban J connectivity index is 1.07. The molecule has 0 radical (unpaired) electrons. The largest absolute Gasteiger partial charge is 0.367 e. The fourth-order valence-electron chi connectivity index (χ4n) is 6.26. The van der Waals surface area contributed by atoms with Crippen LogP contribution in [0.15, 0.2) is 42.7 Å². The molecule has 2 aliphatic heterocycles. The summed E-state index contributed by atoms with van der Waals surface area (Å²) in [7, 11) is 0. The second kappa shape index (κ2) is 8.07. The molecule has 34 heavy (non-hydrogen) atoms. The molecule has 2 aliphatic carbocycles. The van der Waals surface area contributed by atoms with E-state index in [0.29, 0.717) is 42.2 Å². The number of aromatic nitrogens is 1. The molecule has 5 nitrogen and oxygen atoms in total. The maximum Gasteiger partial charge on any atom is 0.224 e. The van der Waals surface area contributed by atoms with Gasteiger partial charge in [0.05, 0.1) is 6.04 Å². The molecule has 4 fully saturated rings. The Kier molecular flexibility index (Phi) is 5.12. The number of nitrogens with zero attached hydrogens (tertiary/aromatic N) is 2. The first kappa shape index (κ1) is 21.6. The predicted molar refractivity (Wildman–Crippen MR) is 128 cm³/mol. The van der Waals surface area contributed by atoms with Crippen LogP contribution in [0.2, 0.25) is 0 Å². The molecule has 1 aromatic carbocycles. The van der Waals surface area contributed by atoms with Crippen LogP contribution in [0.3, 0.4) is 0 Å². The van der Waals surface area contributed by atoms with Crippen molar-refractivity contribution in [3.63, 3.8) is 0 Å². The van der Waals surface area contributed by atoms with E-state index < -0.39 is 17.6 Å². The number of carbonyl (C=O) groups is 1. The highest BCUT2D eigenvalue weighted by molar-refractivity contribution is 5.79. The van der Waals surface area contributed by atoms with Crippen molar-refractivity contribution in [3.05, 3.63) is 65.5 Å². The Bertz CT molecular complexity index is 1120. The molecule has 4 aliphatic rings. The highest BCUT2D eigenvalue weighted by Gasteiger charge is 2.48. The zero-order chi connectivity index (χ0) is 23.4. The predicted octanol–water partition coefficient (Wildman–Crippen LogP) is 5.22. The first-order valence-electron chi connectivity index (χ1n) is 12.3. The Labute approximate surface area is 198 Å². The fourth-order valence-corrected chi connectivity index (χ4v) is 6.26. The lowest BCUT2D eigenvalue weighted by Crippen LogP contribution is -2.55. The number of pyridine rings is 1. The minimum absolute atomic E-state index is 0.00959. The van der Waals surface area contributed by atoms with Crippen molar-refractivity contribution < 1.29 is 13.6 Å². The van der Waals surface area contributed by atoms with E-state index in [2.05, 4.69) is 34.3 Å². The van der Waals surface area contributed by atoms with Crippen molar-refractivity contribution in [3.8, 4) is 0 Å². The number of halogens is 2. The highest BCUT2D eigenvalue weighted by atomic mass is 19.1. The summed E-state index contributed by atoms with van der Waals surface area (Å²) < 4.78 is 29.9. The molecule has 2 aromatic rings. The van der Waals surface area contributed by atoms with Gasteiger partial charge in [0.15, 0.2) is 0 Å². The van der Waals surface area contributed by atoms with Gasteiger partial charge in [-0.3, -0.25) is 4.79 Å². The third kappa shape index (κ3) is 3.75. The quantitative estimate of drug-likeness (QED) is 0.637. The number of anilines is 2. The Morgan fingerprint density at radius 1 is 1.15 bits per heavy atom. The number of amides is 1. The number of rotatable bonds is 5. The number of piperidine rings is 1. The van der Waals surface area contributed by atoms with Gasteiger partial charge in [0.1, 0.15) is 17.5 Å². The van der Waals surface area contributed by atoms with Crippen molar-refractivity contribution in [2.45, 2.75) is 62.8 Å². The lowest BCUT2D eigenvalue weighted by Gasteiger charge is -2.54. The lowest BCUT2D eigenvalue weighted by molar-refractivity contribution is -0.121. The Hall–Kier alpha value is -2.96. The first-order chi connectivity index (χ1) is 16.4. The average molecular weight is 465 g/mol. The molecule has 2 N–H and O–H groups in total. The maximum atomic E-state index is 14.9. The molecule has 1 amide bonds. The van der Waals surface area contributed by atoms with Crippen molar-refractivity contribution in [2.75, 3.05) is 23.3 Å². The molecule has 178 valence electrons. The van der Waals surface area contributed by atoms with E-state index in [4.69, 9.17) is 0 Å². The van der Waals surface area contributed by atoms with Crippen LogP contribution in [-0.2, 0) is 4.79 Å². The maximum absolute atomic E-state index is 14.9.